The summed E-state index contributed by atoms with van der Waals surface area (Å²) in [5.74, 6) is -0.475. The summed E-state index contributed by atoms with van der Waals surface area (Å²) in [6, 6.07) is 0. The van der Waals surface area contributed by atoms with Crippen molar-refractivity contribution in [1.82, 2.24) is 25.0 Å². The lowest BCUT2D eigenvalue weighted by Gasteiger charge is -2.04. The number of hydrogen-bond donors (Lipinski definition) is 0. The van der Waals surface area contributed by atoms with Crippen molar-refractivity contribution in [3.8, 4) is 0 Å². The molecule has 0 atom stereocenters. The second kappa shape index (κ2) is 5.35. The van der Waals surface area contributed by atoms with Crippen LogP contribution in [0.2, 0.25) is 0 Å². The van der Waals surface area contributed by atoms with Gasteiger partial charge >= 0.3 is 5.97 Å². The summed E-state index contributed by atoms with van der Waals surface area (Å²) < 4.78 is 6.29. The molecule has 0 unspecified atom stereocenters. The highest BCUT2D eigenvalue weighted by molar-refractivity contribution is 5.88. The summed E-state index contributed by atoms with van der Waals surface area (Å²) in [6.45, 7) is 2.36. The van der Waals surface area contributed by atoms with Crippen LogP contribution in [0.1, 0.15) is 28.8 Å². The van der Waals surface area contributed by atoms with E-state index in [4.69, 9.17) is 0 Å². The fourth-order valence-electron chi connectivity index (χ4n) is 1.63. The van der Waals surface area contributed by atoms with E-state index in [2.05, 4.69) is 25.0 Å². The molecule has 0 aliphatic rings. The molecule has 0 spiro atoms. The van der Waals surface area contributed by atoms with Gasteiger partial charge in [0.1, 0.15) is 0 Å². The molecule has 94 valence electrons. The number of rotatable bonds is 4. The zero-order valence-electron chi connectivity index (χ0n) is 10.2. The molecule has 0 radical (unpaired) electrons. The van der Waals surface area contributed by atoms with Gasteiger partial charge in [0.05, 0.1) is 31.2 Å². The van der Waals surface area contributed by atoms with Gasteiger partial charge in [-0.2, -0.15) is 0 Å². The van der Waals surface area contributed by atoms with Gasteiger partial charge in [-0.25, -0.2) is 9.48 Å². The first-order valence-corrected chi connectivity index (χ1v) is 5.51. The normalized spacial score (nSPS) is 10.3. The van der Waals surface area contributed by atoms with Crippen LogP contribution in [0.3, 0.4) is 0 Å². The molecular weight excluding hydrogens is 234 g/mol. The monoisotopic (exact) mass is 247 g/mol. The van der Waals surface area contributed by atoms with E-state index in [0.717, 1.165) is 11.4 Å². The molecule has 7 nitrogen and oxygen atoms in total. The van der Waals surface area contributed by atoms with E-state index >= 15 is 0 Å². The third-order valence-corrected chi connectivity index (χ3v) is 2.48. The van der Waals surface area contributed by atoms with E-state index in [1.807, 2.05) is 6.92 Å². The van der Waals surface area contributed by atoms with Gasteiger partial charge < -0.3 is 4.74 Å². The maximum Gasteiger partial charge on any atom is 0.360 e. The Hall–Kier alpha value is -2.31. The zero-order valence-corrected chi connectivity index (χ0v) is 10.2. The number of methoxy groups -OCH3 is 1. The van der Waals surface area contributed by atoms with Crippen LogP contribution in [0.5, 0.6) is 0 Å². The molecule has 7 heteroatoms. The minimum atomic E-state index is -0.475. The number of aromatic nitrogens is 5. The average molecular weight is 247 g/mol. The topological polar surface area (TPSA) is 82.8 Å². The first-order valence-electron chi connectivity index (χ1n) is 5.51. The van der Waals surface area contributed by atoms with Crippen LogP contribution in [0, 0.1) is 0 Å². The number of esters is 1. The number of carbonyl (C=O) groups is 1. The lowest BCUT2D eigenvalue weighted by Crippen LogP contribution is -2.10. The molecule has 2 heterocycles. The van der Waals surface area contributed by atoms with Crippen molar-refractivity contribution < 1.29 is 9.53 Å². The third kappa shape index (κ3) is 2.34. The van der Waals surface area contributed by atoms with E-state index < -0.39 is 5.97 Å². The second-order valence-electron chi connectivity index (χ2n) is 3.58. The predicted molar refractivity (Wildman–Crippen MR) is 61.9 cm³/mol. The Labute approximate surface area is 104 Å². The van der Waals surface area contributed by atoms with Gasteiger partial charge in [0, 0.05) is 12.4 Å². The fourth-order valence-corrected chi connectivity index (χ4v) is 1.63. The molecule has 0 amide bonds. The van der Waals surface area contributed by atoms with Crippen LogP contribution in [0.4, 0.5) is 0 Å². The van der Waals surface area contributed by atoms with E-state index in [9.17, 15) is 4.79 Å². The van der Waals surface area contributed by atoms with Crippen LogP contribution in [-0.2, 0) is 17.7 Å². The molecule has 18 heavy (non-hydrogen) atoms. The summed E-state index contributed by atoms with van der Waals surface area (Å²) in [6.07, 6.45) is 5.50. The number of ether oxygens (including phenoxy) is 1. The molecule has 0 bridgehead atoms. The maximum absolute atomic E-state index is 11.5. The van der Waals surface area contributed by atoms with Crippen molar-refractivity contribution in [3.05, 3.63) is 35.7 Å². The van der Waals surface area contributed by atoms with E-state index in [-0.39, 0.29) is 5.69 Å². The number of nitrogens with zero attached hydrogens (tertiary/aromatic N) is 5. The highest BCUT2D eigenvalue weighted by Gasteiger charge is 2.18. The lowest BCUT2D eigenvalue weighted by molar-refractivity contribution is 0.0592. The minimum absolute atomic E-state index is 0.254. The Morgan fingerprint density at radius 1 is 1.44 bits per heavy atom. The second-order valence-corrected chi connectivity index (χ2v) is 3.58. The van der Waals surface area contributed by atoms with Gasteiger partial charge in [-0.15, -0.1) is 5.10 Å². The molecule has 0 saturated heterocycles. The fraction of sp³-hybridized carbons (Fsp3) is 0.364. The summed E-state index contributed by atoms with van der Waals surface area (Å²) in [7, 11) is 1.32. The van der Waals surface area contributed by atoms with Crippen molar-refractivity contribution in [1.29, 1.82) is 0 Å². The molecule has 0 aromatic carbocycles. The Balaban J connectivity index is 2.29. The summed E-state index contributed by atoms with van der Waals surface area (Å²) in [5, 5.41) is 7.79. The van der Waals surface area contributed by atoms with Gasteiger partial charge in [0.2, 0.25) is 0 Å². The Morgan fingerprint density at radius 2 is 2.28 bits per heavy atom. The standard InChI is InChI=1S/C11H13N5O2/c1-3-9-10(11(17)18-2)14-15-16(9)7-8-6-12-4-5-13-8/h4-6H,3,7H2,1-2H3. The van der Waals surface area contributed by atoms with Gasteiger partial charge in [0.25, 0.3) is 0 Å². The zero-order chi connectivity index (χ0) is 13.0. The Bertz CT molecular complexity index is 538. The van der Waals surface area contributed by atoms with Crippen LogP contribution >= 0.6 is 0 Å². The van der Waals surface area contributed by atoms with E-state index in [1.165, 1.54) is 7.11 Å². The summed E-state index contributed by atoms with van der Waals surface area (Å²) in [4.78, 5) is 19.6. The molecule has 0 aliphatic heterocycles. The Morgan fingerprint density at radius 3 is 2.89 bits per heavy atom. The molecule has 2 rings (SSSR count). The van der Waals surface area contributed by atoms with Gasteiger partial charge in [0.15, 0.2) is 5.69 Å². The summed E-state index contributed by atoms with van der Waals surface area (Å²) >= 11 is 0. The summed E-state index contributed by atoms with van der Waals surface area (Å²) in [5.41, 5.74) is 1.74. The van der Waals surface area contributed by atoms with E-state index in [0.29, 0.717) is 13.0 Å². The largest absolute Gasteiger partial charge is 0.464 e. The highest BCUT2D eigenvalue weighted by atomic mass is 16.5. The highest BCUT2D eigenvalue weighted by Crippen LogP contribution is 2.09. The predicted octanol–water partition coefficient (Wildman–Crippen LogP) is 0.465. The number of carbonyl (C=O) groups excluding carboxylic acids is 1. The van der Waals surface area contributed by atoms with Crippen LogP contribution in [-0.4, -0.2) is 38.0 Å². The van der Waals surface area contributed by atoms with Crippen molar-refractivity contribution in [3.63, 3.8) is 0 Å². The lowest BCUT2D eigenvalue weighted by atomic mass is 10.2. The van der Waals surface area contributed by atoms with Gasteiger partial charge in [-0.3, -0.25) is 9.97 Å². The molecule has 0 saturated carbocycles. The SMILES string of the molecule is CCc1c(C(=O)OC)nnn1Cc1cnccn1. The molecule has 2 aromatic rings. The van der Waals surface area contributed by atoms with Crippen LogP contribution in [0.25, 0.3) is 0 Å². The molecule has 0 aliphatic carbocycles. The third-order valence-electron chi connectivity index (χ3n) is 2.48. The average Bonchev–Trinajstić information content (AvgIpc) is 2.81. The van der Waals surface area contributed by atoms with Crippen molar-refractivity contribution in [2.45, 2.75) is 19.9 Å². The maximum atomic E-state index is 11.5. The van der Waals surface area contributed by atoms with Crippen molar-refractivity contribution in [2.24, 2.45) is 0 Å². The minimum Gasteiger partial charge on any atom is -0.464 e. The first-order chi connectivity index (χ1) is 8.76. The smallest absolute Gasteiger partial charge is 0.360 e. The van der Waals surface area contributed by atoms with Crippen molar-refractivity contribution >= 4 is 5.97 Å². The molecule has 0 fully saturated rings. The van der Waals surface area contributed by atoms with Crippen LogP contribution in [0.15, 0.2) is 18.6 Å². The molecule has 2 aromatic heterocycles. The number of hydrogen-bond acceptors (Lipinski definition) is 6. The van der Waals surface area contributed by atoms with Gasteiger partial charge in [-0.1, -0.05) is 12.1 Å². The quantitative estimate of drug-likeness (QED) is 0.730. The first kappa shape index (κ1) is 12.2. The van der Waals surface area contributed by atoms with Crippen LogP contribution < -0.4 is 0 Å². The van der Waals surface area contributed by atoms with Gasteiger partial charge in [-0.05, 0) is 6.42 Å². The molecular formula is C11H13N5O2. The molecule has 0 N–H and O–H groups in total. The van der Waals surface area contributed by atoms with Crippen molar-refractivity contribution in [2.75, 3.05) is 7.11 Å². The van der Waals surface area contributed by atoms with E-state index in [1.54, 1.807) is 23.3 Å². The Kier molecular flexibility index (Phi) is 3.61.